The van der Waals surface area contributed by atoms with Gasteiger partial charge in [0.05, 0.1) is 11.3 Å². The number of rotatable bonds is 7. The Morgan fingerprint density at radius 3 is 2.50 bits per heavy atom. The summed E-state index contributed by atoms with van der Waals surface area (Å²) in [7, 11) is 0. The molecule has 7 heteroatoms. The predicted molar refractivity (Wildman–Crippen MR) is 79.8 cm³/mol. The Morgan fingerprint density at radius 1 is 1.41 bits per heavy atom. The van der Waals surface area contributed by atoms with Crippen molar-refractivity contribution in [3.63, 3.8) is 0 Å². The molecule has 1 aromatic rings. The predicted octanol–water partition coefficient (Wildman–Crippen LogP) is 2.19. The molecule has 0 fully saturated rings. The highest BCUT2D eigenvalue weighted by Crippen LogP contribution is 2.14. The average molecular weight is 312 g/mol. The summed E-state index contributed by atoms with van der Waals surface area (Å²) in [6.07, 6.45) is 0.170. The monoisotopic (exact) mass is 312 g/mol. The van der Waals surface area contributed by atoms with E-state index in [0.29, 0.717) is 5.69 Å². The van der Waals surface area contributed by atoms with Crippen LogP contribution in [-0.2, 0) is 9.53 Å². The third kappa shape index (κ3) is 5.85. The van der Waals surface area contributed by atoms with E-state index in [1.807, 2.05) is 34.6 Å². The molecule has 1 heterocycles. The maximum Gasteiger partial charge on any atom is 0.326 e. The maximum absolute atomic E-state index is 12.0. The molecule has 0 saturated carbocycles. The number of hydrogen-bond donors (Lipinski definition) is 2. The Bertz CT molecular complexity index is 516. The second-order valence-electron chi connectivity index (χ2n) is 6.38. The van der Waals surface area contributed by atoms with Crippen LogP contribution in [0.15, 0.2) is 10.6 Å². The van der Waals surface area contributed by atoms with Crippen molar-refractivity contribution >= 4 is 11.9 Å². The Morgan fingerprint density at radius 2 is 2.05 bits per heavy atom. The molecule has 1 rings (SSSR count). The van der Waals surface area contributed by atoms with Gasteiger partial charge in [-0.05, 0) is 26.7 Å². The Kier molecular flexibility index (Phi) is 6.11. The van der Waals surface area contributed by atoms with Crippen LogP contribution in [0.25, 0.3) is 0 Å². The number of amides is 1. The van der Waals surface area contributed by atoms with E-state index in [1.54, 1.807) is 0 Å². The summed E-state index contributed by atoms with van der Waals surface area (Å²) < 4.78 is 10.4. The fourth-order valence-electron chi connectivity index (χ4n) is 1.64. The van der Waals surface area contributed by atoms with Crippen LogP contribution >= 0.6 is 0 Å². The normalized spacial score (nSPS) is 13.2. The van der Waals surface area contributed by atoms with Crippen LogP contribution in [0.5, 0.6) is 0 Å². The molecule has 7 nitrogen and oxygen atoms in total. The SMILES string of the molecule is CC(C)c1cc(C(=O)NC(CCOC(C)(C)C)C(=O)O)on1. The Labute approximate surface area is 130 Å². The van der Waals surface area contributed by atoms with Crippen molar-refractivity contribution in [2.24, 2.45) is 0 Å². The topological polar surface area (TPSA) is 102 Å². The standard InChI is InChI=1S/C15H24N2O5/c1-9(2)11-8-12(22-17-11)13(18)16-10(14(19)20)6-7-21-15(3,4)5/h8-10H,6-7H2,1-5H3,(H,16,18)(H,19,20). The van der Waals surface area contributed by atoms with Crippen molar-refractivity contribution in [2.45, 2.75) is 58.6 Å². The van der Waals surface area contributed by atoms with Gasteiger partial charge in [0.1, 0.15) is 6.04 Å². The lowest BCUT2D eigenvalue weighted by atomic mass is 10.1. The number of aromatic nitrogens is 1. The average Bonchev–Trinajstić information content (AvgIpc) is 2.85. The zero-order valence-electron chi connectivity index (χ0n) is 13.7. The number of ether oxygens (including phenoxy) is 1. The number of aliphatic carboxylic acids is 1. The van der Waals surface area contributed by atoms with Crippen LogP contribution in [0.3, 0.4) is 0 Å². The number of carboxylic acids is 1. The number of nitrogens with one attached hydrogen (secondary N) is 1. The van der Waals surface area contributed by atoms with Gasteiger partial charge in [0.25, 0.3) is 5.91 Å². The number of carboxylic acid groups (broad SMARTS) is 1. The zero-order chi connectivity index (χ0) is 16.9. The number of carbonyl (C=O) groups excluding carboxylic acids is 1. The van der Waals surface area contributed by atoms with Gasteiger partial charge in [-0.25, -0.2) is 4.79 Å². The first-order valence-electron chi connectivity index (χ1n) is 7.24. The zero-order valence-corrected chi connectivity index (χ0v) is 13.7. The van der Waals surface area contributed by atoms with Crippen molar-refractivity contribution in [1.82, 2.24) is 10.5 Å². The van der Waals surface area contributed by atoms with Gasteiger partial charge in [-0.3, -0.25) is 4.79 Å². The van der Waals surface area contributed by atoms with Crippen LogP contribution in [-0.4, -0.2) is 40.4 Å². The lowest BCUT2D eigenvalue weighted by molar-refractivity contribution is -0.140. The Hall–Kier alpha value is -1.89. The third-order valence-corrected chi connectivity index (χ3v) is 2.89. The highest BCUT2D eigenvalue weighted by atomic mass is 16.5. The second kappa shape index (κ2) is 7.40. The van der Waals surface area contributed by atoms with Crippen molar-refractivity contribution < 1.29 is 24.0 Å². The van der Waals surface area contributed by atoms with Crippen LogP contribution in [0, 0.1) is 0 Å². The first kappa shape index (κ1) is 18.2. The summed E-state index contributed by atoms with van der Waals surface area (Å²) >= 11 is 0. The molecule has 0 spiro atoms. The second-order valence-corrected chi connectivity index (χ2v) is 6.38. The number of nitrogens with zero attached hydrogens (tertiary/aromatic N) is 1. The molecule has 0 aliphatic carbocycles. The molecular formula is C15H24N2O5. The third-order valence-electron chi connectivity index (χ3n) is 2.89. The van der Waals surface area contributed by atoms with E-state index >= 15 is 0 Å². The largest absolute Gasteiger partial charge is 0.480 e. The van der Waals surface area contributed by atoms with Gasteiger partial charge >= 0.3 is 5.97 Å². The molecule has 22 heavy (non-hydrogen) atoms. The lowest BCUT2D eigenvalue weighted by Gasteiger charge is -2.21. The molecule has 124 valence electrons. The highest BCUT2D eigenvalue weighted by molar-refractivity contribution is 5.94. The van der Waals surface area contributed by atoms with Crippen LogP contribution in [0.2, 0.25) is 0 Å². The molecule has 1 unspecified atom stereocenters. The van der Waals surface area contributed by atoms with Gasteiger partial charge in [-0.2, -0.15) is 0 Å². The van der Waals surface area contributed by atoms with E-state index in [0.717, 1.165) is 0 Å². The molecule has 0 radical (unpaired) electrons. The van der Waals surface area contributed by atoms with E-state index in [4.69, 9.17) is 9.26 Å². The van der Waals surface area contributed by atoms with Gasteiger partial charge < -0.3 is 19.7 Å². The fourth-order valence-corrected chi connectivity index (χ4v) is 1.64. The van der Waals surface area contributed by atoms with Crippen molar-refractivity contribution in [1.29, 1.82) is 0 Å². The molecule has 0 bridgehead atoms. The van der Waals surface area contributed by atoms with E-state index in [9.17, 15) is 14.7 Å². The summed E-state index contributed by atoms with van der Waals surface area (Å²) in [5, 5.41) is 15.4. The van der Waals surface area contributed by atoms with Crippen molar-refractivity contribution in [3.8, 4) is 0 Å². The number of carbonyl (C=O) groups is 2. The summed E-state index contributed by atoms with van der Waals surface area (Å²) in [5.74, 6) is -1.58. The molecule has 0 saturated heterocycles. The molecule has 0 aliphatic rings. The molecule has 0 aliphatic heterocycles. The fraction of sp³-hybridized carbons (Fsp3) is 0.667. The highest BCUT2D eigenvalue weighted by Gasteiger charge is 2.24. The molecule has 0 aromatic carbocycles. The van der Waals surface area contributed by atoms with E-state index in [1.165, 1.54) is 6.07 Å². The summed E-state index contributed by atoms with van der Waals surface area (Å²) in [4.78, 5) is 23.2. The molecule has 1 atom stereocenters. The van der Waals surface area contributed by atoms with Gasteiger partial charge in [0, 0.05) is 19.1 Å². The molecule has 1 aromatic heterocycles. The molecule has 2 N–H and O–H groups in total. The smallest absolute Gasteiger partial charge is 0.326 e. The van der Waals surface area contributed by atoms with Crippen LogP contribution < -0.4 is 5.32 Å². The van der Waals surface area contributed by atoms with E-state index in [-0.39, 0.29) is 30.3 Å². The van der Waals surface area contributed by atoms with Crippen LogP contribution in [0.4, 0.5) is 0 Å². The minimum Gasteiger partial charge on any atom is -0.480 e. The van der Waals surface area contributed by atoms with Gasteiger partial charge in [-0.15, -0.1) is 0 Å². The van der Waals surface area contributed by atoms with Crippen molar-refractivity contribution in [3.05, 3.63) is 17.5 Å². The minimum absolute atomic E-state index is 0.00619. The van der Waals surface area contributed by atoms with Gasteiger partial charge in [0.2, 0.25) is 5.76 Å². The quantitative estimate of drug-likeness (QED) is 0.800. The maximum atomic E-state index is 12.0. The van der Waals surface area contributed by atoms with Gasteiger partial charge in [-0.1, -0.05) is 19.0 Å². The summed E-state index contributed by atoms with van der Waals surface area (Å²) in [5.41, 5.74) is 0.289. The molecule has 1 amide bonds. The summed E-state index contributed by atoms with van der Waals surface area (Å²) in [6.45, 7) is 9.71. The first-order chi connectivity index (χ1) is 10.1. The van der Waals surface area contributed by atoms with Gasteiger partial charge in [0.15, 0.2) is 0 Å². The van der Waals surface area contributed by atoms with E-state index in [2.05, 4.69) is 10.5 Å². The first-order valence-corrected chi connectivity index (χ1v) is 7.24. The minimum atomic E-state index is -1.12. The molecular weight excluding hydrogens is 288 g/mol. The lowest BCUT2D eigenvalue weighted by Crippen LogP contribution is -2.41. The number of hydrogen-bond acceptors (Lipinski definition) is 5. The van der Waals surface area contributed by atoms with E-state index < -0.39 is 17.9 Å². The van der Waals surface area contributed by atoms with Crippen LogP contribution in [0.1, 0.15) is 63.2 Å². The summed E-state index contributed by atoms with van der Waals surface area (Å²) in [6, 6.07) is 0.479. The van der Waals surface area contributed by atoms with Crippen molar-refractivity contribution in [2.75, 3.05) is 6.61 Å². The Balaban J connectivity index is 2.62.